The molecule has 0 amide bonds. The van der Waals surface area contributed by atoms with Gasteiger partial charge in [0, 0.05) is 30.6 Å². The SMILES string of the molecule is O=C1C[C@H]2CC[C@@H]1CN2c1ccccc1. The Morgan fingerprint density at radius 1 is 1.13 bits per heavy atom. The standard InChI is InChI=1S/C13H15NO/c15-13-8-12-7-6-10(13)9-14(12)11-4-2-1-3-5-11/h1-5,10,12H,6-9H2/t10-,12-/m1/s1. The van der Waals surface area contributed by atoms with Crippen LogP contribution in [0.3, 0.4) is 0 Å². The molecule has 1 aliphatic carbocycles. The van der Waals surface area contributed by atoms with Crippen molar-refractivity contribution in [3.8, 4) is 0 Å². The second kappa shape index (κ2) is 3.37. The molecule has 1 aromatic rings. The molecule has 3 aliphatic rings. The van der Waals surface area contributed by atoms with Crippen LogP contribution < -0.4 is 4.90 Å². The lowest BCUT2D eigenvalue weighted by atomic mass is 9.78. The van der Waals surface area contributed by atoms with Crippen LogP contribution in [0.5, 0.6) is 0 Å². The highest BCUT2D eigenvalue weighted by atomic mass is 16.1. The van der Waals surface area contributed by atoms with Gasteiger partial charge >= 0.3 is 0 Å². The van der Waals surface area contributed by atoms with E-state index in [9.17, 15) is 4.79 Å². The number of carbonyl (C=O) groups excluding carboxylic acids is 1. The highest BCUT2D eigenvalue weighted by Crippen LogP contribution is 2.35. The maximum Gasteiger partial charge on any atom is 0.139 e. The van der Waals surface area contributed by atoms with Crippen molar-refractivity contribution in [3.05, 3.63) is 30.3 Å². The number of hydrogen-bond donors (Lipinski definition) is 0. The van der Waals surface area contributed by atoms with E-state index in [4.69, 9.17) is 0 Å². The Morgan fingerprint density at radius 3 is 2.53 bits per heavy atom. The van der Waals surface area contributed by atoms with E-state index in [0.717, 1.165) is 19.4 Å². The summed E-state index contributed by atoms with van der Waals surface area (Å²) in [5.74, 6) is 0.786. The molecule has 2 nitrogen and oxygen atoms in total. The number of para-hydroxylation sites is 1. The lowest BCUT2D eigenvalue weighted by Gasteiger charge is -2.45. The summed E-state index contributed by atoms with van der Waals surface area (Å²) < 4.78 is 0. The van der Waals surface area contributed by atoms with Gasteiger partial charge in [-0.25, -0.2) is 0 Å². The van der Waals surface area contributed by atoms with Gasteiger partial charge in [0.2, 0.25) is 0 Å². The summed E-state index contributed by atoms with van der Waals surface area (Å²) in [6.07, 6.45) is 3.05. The molecule has 3 fully saturated rings. The molecule has 1 aromatic carbocycles. The first-order valence-corrected chi connectivity index (χ1v) is 5.69. The van der Waals surface area contributed by atoms with E-state index >= 15 is 0 Å². The molecule has 4 rings (SSSR count). The van der Waals surface area contributed by atoms with Gasteiger partial charge in [-0.1, -0.05) is 18.2 Å². The van der Waals surface area contributed by atoms with Gasteiger partial charge in [0.1, 0.15) is 5.78 Å². The highest BCUT2D eigenvalue weighted by molar-refractivity contribution is 5.85. The molecule has 1 saturated carbocycles. The molecular weight excluding hydrogens is 186 g/mol. The summed E-state index contributed by atoms with van der Waals surface area (Å²) in [5, 5.41) is 0. The summed E-state index contributed by atoms with van der Waals surface area (Å²) in [4.78, 5) is 14.0. The number of piperidine rings is 2. The fraction of sp³-hybridized carbons (Fsp3) is 0.462. The molecule has 2 heteroatoms. The van der Waals surface area contributed by atoms with Crippen LogP contribution in [-0.2, 0) is 4.79 Å². The topological polar surface area (TPSA) is 20.3 Å². The van der Waals surface area contributed by atoms with Gasteiger partial charge in [0.15, 0.2) is 0 Å². The van der Waals surface area contributed by atoms with Crippen molar-refractivity contribution < 1.29 is 4.79 Å². The van der Waals surface area contributed by atoms with Crippen molar-refractivity contribution in [2.24, 2.45) is 5.92 Å². The third-order valence-electron chi connectivity index (χ3n) is 3.69. The molecule has 15 heavy (non-hydrogen) atoms. The Morgan fingerprint density at radius 2 is 1.93 bits per heavy atom. The fourth-order valence-corrected chi connectivity index (χ4v) is 2.84. The van der Waals surface area contributed by atoms with Crippen LogP contribution in [0.4, 0.5) is 5.69 Å². The van der Waals surface area contributed by atoms with Crippen LogP contribution in [0.1, 0.15) is 19.3 Å². The van der Waals surface area contributed by atoms with Crippen molar-refractivity contribution in [2.75, 3.05) is 11.4 Å². The molecule has 0 radical (unpaired) electrons. The van der Waals surface area contributed by atoms with Crippen molar-refractivity contribution >= 4 is 11.5 Å². The summed E-state index contributed by atoms with van der Waals surface area (Å²) in [6.45, 7) is 0.938. The Bertz CT molecular complexity index is 373. The fourth-order valence-electron chi connectivity index (χ4n) is 2.84. The number of fused-ring (bicyclic) bond motifs is 3. The van der Waals surface area contributed by atoms with Crippen LogP contribution in [0, 0.1) is 5.92 Å². The van der Waals surface area contributed by atoms with Gasteiger partial charge in [-0.15, -0.1) is 0 Å². The maximum atomic E-state index is 11.6. The van der Waals surface area contributed by atoms with Crippen LogP contribution in [0.25, 0.3) is 0 Å². The minimum atomic E-state index is 0.301. The normalized spacial score (nSPS) is 29.6. The van der Waals surface area contributed by atoms with Crippen molar-refractivity contribution in [3.63, 3.8) is 0 Å². The van der Waals surface area contributed by atoms with Gasteiger partial charge in [-0.05, 0) is 25.0 Å². The molecule has 78 valence electrons. The monoisotopic (exact) mass is 201 g/mol. The Hall–Kier alpha value is -1.31. The third kappa shape index (κ3) is 1.44. The van der Waals surface area contributed by atoms with Crippen LogP contribution in [0.15, 0.2) is 30.3 Å². The van der Waals surface area contributed by atoms with Gasteiger partial charge in [-0.2, -0.15) is 0 Å². The third-order valence-corrected chi connectivity index (χ3v) is 3.69. The Balaban J connectivity index is 1.88. The first-order valence-electron chi connectivity index (χ1n) is 5.69. The highest BCUT2D eigenvalue weighted by Gasteiger charge is 2.39. The Kier molecular flexibility index (Phi) is 2.01. The molecule has 2 aliphatic heterocycles. The predicted molar refractivity (Wildman–Crippen MR) is 59.9 cm³/mol. The van der Waals surface area contributed by atoms with Crippen LogP contribution >= 0.6 is 0 Å². The van der Waals surface area contributed by atoms with Gasteiger partial charge in [0.25, 0.3) is 0 Å². The maximum absolute atomic E-state index is 11.6. The summed E-state index contributed by atoms with van der Waals surface area (Å²) in [6, 6.07) is 10.9. The molecule has 2 heterocycles. The smallest absolute Gasteiger partial charge is 0.139 e. The van der Waals surface area contributed by atoms with Crippen molar-refractivity contribution in [1.29, 1.82) is 0 Å². The predicted octanol–water partition coefficient (Wildman–Crippen LogP) is 2.24. The number of rotatable bonds is 1. The molecule has 0 unspecified atom stereocenters. The van der Waals surface area contributed by atoms with Crippen LogP contribution in [-0.4, -0.2) is 18.4 Å². The van der Waals surface area contributed by atoms with E-state index in [1.54, 1.807) is 0 Å². The van der Waals surface area contributed by atoms with E-state index in [-0.39, 0.29) is 0 Å². The number of ketones is 1. The van der Waals surface area contributed by atoms with E-state index in [1.807, 2.05) is 6.07 Å². The lowest BCUT2D eigenvalue weighted by Crippen LogP contribution is -2.52. The van der Waals surface area contributed by atoms with Gasteiger partial charge in [-0.3, -0.25) is 4.79 Å². The van der Waals surface area contributed by atoms with Gasteiger partial charge < -0.3 is 4.90 Å². The quantitative estimate of drug-likeness (QED) is 0.694. The van der Waals surface area contributed by atoms with E-state index in [2.05, 4.69) is 29.2 Å². The first-order chi connectivity index (χ1) is 7.34. The van der Waals surface area contributed by atoms with Crippen LogP contribution in [0.2, 0.25) is 0 Å². The number of benzene rings is 1. The first kappa shape index (κ1) is 8.96. The lowest BCUT2D eigenvalue weighted by molar-refractivity contribution is -0.126. The summed E-state index contributed by atoms with van der Waals surface area (Å²) in [5.41, 5.74) is 1.28. The summed E-state index contributed by atoms with van der Waals surface area (Å²) >= 11 is 0. The number of anilines is 1. The molecule has 0 N–H and O–H groups in total. The zero-order chi connectivity index (χ0) is 10.3. The number of carbonyl (C=O) groups is 1. The number of hydrogen-bond acceptors (Lipinski definition) is 2. The van der Waals surface area contributed by atoms with Crippen molar-refractivity contribution in [1.82, 2.24) is 0 Å². The second-order valence-electron chi connectivity index (χ2n) is 4.59. The zero-order valence-electron chi connectivity index (χ0n) is 8.73. The molecule has 2 saturated heterocycles. The van der Waals surface area contributed by atoms with E-state index in [0.29, 0.717) is 17.7 Å². The minimum absolute atomic E-state index is 0.301. The molecule has 0 aromatic heterocycles. The average Bonchev–Trinajstić information content (AvgIpc) is 2.31. The Labute approximate surface area is 89.9 Å². The molecule has 2 atom stereocenters. The minimum Gasteiger partial charge on any atom is -0.367 e. The second-order valence-corrected chi connectivity index (χ2v) is 4.59. The molecule has 0 spiro atoms. The van der Waals surface area contributed by atoms with Gasteiger partial charge in [0.05, 0.1) is 0 Å². The number of Topliss-reactive ketones (excluding diaryl/α,β-unsaturated/α-hetero) is 1. The van der Waals surface area contributed by atoms with E-state index < -0.39 is 0 Å². The molecule has 2 bridgehead atoms. The summed E-state index contributed by atoms with van der Waals surface area (Å²) in [7, 11) is 0. The average molecular weight is 201 g/mol. The van der Waals surface area contributed by atoms with Crippen molar-refractivity contribution in [2.45, 2.75) is 25.3 Å². The zero-order valence-corrected chi connectivity index (χ0v) is 8.73. The molecular formula is C13H15NO. The largest absolute Gasteiger partial charge is 0.367 e. The van der Waals surface area contributed by atoms with E-state index in [1.165, 1.54) is 12.1 Å². The number of nitrogens with zero attached hydrogens (tertiary/aromatic N) is 1.